The summed E-state index contributed by atoms with van der Waals surface area (Å²) in [6, 6.07) is 6.51. The molecule has 5 rings (SSSR count). The number of fused-ring (bicyclic) bond motifs is 1. The number of amides is 1. The molecule has 1 saturated heterocycles. The predicted molar refractivity (Wildman–Crippen MR) is 107 cm³/mol. The highest BCUT2D eigenvalue weighted by molar-refractivity contribution is 5.83. The zero-order valence-electron chi connectivity index (χ0n) is 16.9. The third-order valence-corrected chi connectivity index (χ3v) is 7.59. The zero-order valence-corrected chi connectivity index (χ0v) is 16.9. The summed E-state index contributed by atoms with van der Waals surface area (Å²) >= 11 is 0. The van der Waals surface area contributed by atoms with Crippen LogP contribution >= 0.6 is 0 Å². The quantitative estimate of drug-likeness (QED) is 0.860. The topological polar surface area (TPSA) is 50.8 Å². The standard InChI is InChI=1S/C23H32N2O3/c1-16-2-5-18(6-3-16)25(14-17-4-7-20-21(12-17)28-15-27-20)22(26)19-13-23(19)8-10-24-11-9-23/h4,7,12,16,18-19,24H,2-3,5-6,8-11,13-15H2,1H3. The van der Waals surface area contributed by atoms with E-state index in [0.717, 1.165) is 68.2 Å². The largest absolute Gasteiger partial charge is 0.454 e. The SMILES string of the molecule is CC1CCC(N(Cc2ccc3c(c2)OCO3)C(=O)C2CC23CCNCC3)CC1. The lowest BCUT2D eigenvalue weighted by molar-refractivity contribution is -0.137. The van der Waals surface area contributed by atoms with Gasteiger partial charge in [-0.1, -0.05) is 13.0 Å². The van der Waals surface area contributed by atoms with Crippen molar-refractivity contribution in [1.29, 1.82) is 0 Å². The number of hydrogen-bond acceptors (Lipinski definition) is 4. The first kappa shape index (κ1) is 18.3. The van der Waals surface area contributed by atoms with Crippen molar-refractivity contribution in [3.8, 4) is 11.5 Å². The number of carbonyl (C=O) groups is 1. The smallest absolute Gasteiger partial charge is 0.231 e. The van der Waals surface area contributed by atoms with Crippen molar-refractivity contribution in [2.24, 2.45) is 17.3 Å². The summed E-state index contributed by atoms with van der Waals surface area (Å²) < 4.78 is 11.0. The van der Waals surface area contributed by atoms with Gasteiger partial charge in [0.15, 0.2) is 11.5 Å². The zero-order chi connectivity index (χ0) is 19.1. The minimum atomic E-state index is 0.239. The van der Waals surface area contributed by atoms with E-state index in [4.69, 9.17) is 9.47 Å². The lowest BCUT2D eigenvalue weighted by Crippen LogP contribution is -2.44. The van der Waals surface area contributed by atoms with Gasteiger partial charge in [0.1, 0.15) is 0 Å². The molecular formula is C23H32N2O3. The molecule has 5 nitrogen and oxygen atoms in total. The molecule has 2 saturated carbocycles. The fourth-order valence-corrected chi connectivity index (χ4v) is 5.55. The van der Waals surface area contributed by atoms with Crippen LogP contribution in [0.3, 0.4) is 0 Å². The van der Waals surface area contributed by atoms with Gasteiger partial charge in [-0.05, 0) is 87.1 Å². The van der Waals surface area contributed by atoms with Gasteiger partial charge < -0.3 is 19.7 Å². The van der Waals surface area contributed by atoms with E-state index in [0.29, 0.717) is 25.3 Å². The minimum absolute atomic E-state index is 0.239. The van der Waals surface area contributed by atoms with Gasteiger partial charge in [0.2, 0.25) is 12.7 Å². The van der Waals surface area contributed by atoms with Crippen LogP contribution in [0.25, 0.3) is 0 Å². The van der Waals surface area contributed by atoms with E-state index >= 15 is 0 Å². The Labute approximate surface area is 167 Å². The van der Waals surface area contributed by atoms with Gasteiger partial charge in [-0.25, -0.2) is 0 Å². The Morgan fingerprint density at radius 2 is 1.89 bits per heavy atom. The molecule has 1 aromatic carbocycles. The summed E-state index contributed by atoms with van der Waals surface area (Å²) in [5, 5.41) is 3.45. The van der Waals surface area contributed by atoms with Crippen molar-refractivity contribution in [2.45, 2.75) is 64.5 Å². The number of nitrogens with zero attached hydrogens (tertiary/aromatic N) is 1. The second-order valence-corrected chi connectivity index (χ2v) is 9.44. The number of ether oxygens (including phenoxy) is 2. The molecule has 1 aromatic rings. The summed E-state index contributed by atoms with van der Waals surface area (Å²) in [6.45, 7) is 5.45. The van der Waals surface area contributed by atoms with Crippen molar-refractivity contribution in [1.82, 2.24) is 10.2 Å². The number of benzene rings is 1. The normalized spacial score (nSPS) is 30.2. The molecule has 1 N–H and O–H groups in total. The van der Waals surface area contributed by atoms with Gasteiger partial charge in [-0.15, -0.1) is 0 Å². The lowest BCUT2D eigenvalue weighted by atomic mass is 9.85. The maximum atomic E-state index is 13.6. The fourth-order valence-electron chi connectivity index (χ4n) is 5.55. The van der Waals surface area contributed by atoms with Gasteiger partial charge in [-0.3, -0.25) is 4.79 Å². The Bertz CT molecular complexity index is 735. The van der Waals surface area contributed by atoms with Crippen LogP contribution in [-0.4, -0.2) is 36.7 Å². The first-order valence-electron chi connectivity index (χ1n) is 11.0. The maximum absolute atomic E-state index is 13.6. The average Bonchev–Trinajstić information content (AvgIpc) is 3.19. The number of nitrogens with one attached hydrogen (secondary N) is 1. The third-order valence-electron chi connectivity index (χ3n) is 7.59. The molecule has 0 bridgehead atoms. The van der Waals surface area contributed by atoms with E-state index in [1.165, 1.54) is 12.8 Å². The molecule has 3 fully saturated rings. The van der Waals surface area contributed by atoms with E-state index in [9.17, 15) is 4.79 Å². The molecule has 1 unspecified atom stereocenters. The highest BCUT2D eigenvalue weighted by atomic mass is 16.7. The van der Waals surface area contributed by atoms with E-state index in [2.05, 4.69) is 29.3 Å². The van der Waals surface area contributed by atoms with E-state index < -0.39 is 0 Å². The summed E-state index contributed by atoms with van der Waals surface area (Å²) in [5.41, 5.74) is 1.44. The van der Waals surface area contributed by atoms with Crippen molar-refractivity contribution in [3.05, 3.63) is 23.8 Å². The average molecular weight is 385 g/mol. The molecule has 1 atom stereocenters. The first-order valence-corrected chi connectivity index (χ1v) is 11.0. The molecule has 2 aliphatic heterocycles. The number of carbonyl (C=O) groups excluding carboxylic acids is 1. The highest BCUT2D eigenvalue weighted by Gasteiger charge is 2.59. The van der Waals surface area contributed by atoms with Gasteiger partial charge >= 0.3 is 0 Å². The van der Waals surface area contributed by atoms with Crippen LogP contribution in [0.2, 0.25) is 0 Å². The lowest BCUT2D eigenvalue weighted by Gasteiger charge is -2.37. The molecule has 28 heavy (non-hydrogen) atoms. The van der Waals surface area contributed by atoms with Gasteiger partial charge in [-0.2, -0.15) is 0 Å². The Morgan fingerprint density at radius 3 is 2.68 bits per heavy atom. The van der Waals surface area contributed by atoms with Crippen LogP contribution in [0.1, 0.15) is 57.4 Å². The minimum Gasteiger partial charge on any atom is -0.454 e. The molecule has 2 heterocycles. The van der Waals surface area contributed by atoms with Gasteiger partial charge in [0, 0.05) is 18.5 Å². The molecule has 2 aliphatic carbocycles. The predicted octanol–water partition coefficient (Wildman–Crippen LogP) is 3.71. The summed E-state index contributed by atoms with van der Waals surface area (Å²) in [6.07, 6.45) is 8.14. The van der Waals surface area contributed by atoms with E-state index in [1.54, 1.807) is 0 Å². The second-order valence-electron chi connectivity index (χ2n) is 9.44. The Balaban J connectivity index is 1.35. The van der Waals surface area contributed by atoms with Gasteiger partial charge in [0.05, 0.1) is 0 Å². The van der Waals surface area contributed by atoms with Crippen LogP contribution in [0.4, 0.5) is 0 Å². The van der Waals surface area contributed by atoms with Crippen molar-refractivity contribution < 1.29 is 14.3 Å². The molecular weight excluding hydrogens is 352 g/mol. The Hall–Kier alpha value is -1.75. The Morgan fingerprint density at radius 1 is 1.14 bits per heavy atom. The van der Waals surface area contributed by atoms with Crippen LogP contribution in [0, 0.1) is 17.3 Å². The monoisotopic (exact) mass is 384 g/mol. The van der Waals surface area contributed by atoms with E-state index in [1.807, 2.05) is 6.07 Å². The first-order chi connectivity index (χ1) is 13.6. The molecule has 152 valence electrons. The third kappa shape index (κ3) is 3.38. The molecule has 4 aliphatic rings. The Kier molecular flexibility index (Phi) is 4.74. The summed E-state index contributed by atoms with van der Waals surface area (Å²) in [4.78, 5) is 15.9. The van der Waals surface area contributed by atoms with Crippen molar-refractivity contribution >= 4 is 5.91 Å². The molecule has 1 amide bonds. The van der Waals surface area contributed by atoms with Crippen molar-refractivity contribution in [3.63, 3.8) is 0 Å². The molecule has 0 radical (unpaired) electrons. The van der Waals surface area contributed by atoms with Crippen molar-refractivity contribution in [2.75, 3.05) is 19.9 Å². The maximum Gasteiger partial charge on any atom is 0.231 e. The second kappa shape index (κ2) is 7.25. The number of rotatable bonds is 4. The molecule has 5 heteroatoms. The van der Waals surface area contributed by atoms with Gasteiger partial charge in [0.25, 0.3) is 0 Å². The molecule has 0 aromatic heterocycles. The van der Waals surface area contributed by atoms with Crippen LogP contribution in [0.5, 0.6) is 11.5 Å². The summed E-state index contributed by atoms with van der Waals surface area (Å²) in [5.74, 6) is 3.05. The summed E-state index contributed by atoms with van der Waals surface area (Å²) in [7, 11) is 0. The number of piperidine rings is 1. The van der Waals surface area contributed by atoms with Crippen LogP contribution in [0.15, 0.2) is 18.2 Å². The number of hydrogen-bond donors (Lipinski definition) is 1. The van der Waals surface area contributed by atoms with Crippen LogP contribution < -0.4 is 14.8 Å². The van der Waals surface area contributed by atoms with Crippen LogP contribution in [-0.2, 0) is 11.3 Å². The van der Waals surface area contributed by atoms with E-state index in [-0.39, 0.29) is 11.3 Å². The fraction of sp³-hybridized carbons (Fsp3) is 0.696. The molecule has 1 spiro atoms. The highest BCUT2D eigenvalue weighted by Crippen LogP contribution is 2.59.